The van der Waals surface area contributed by atoms with E-state index < -0.39 is 5.97 Å². The Bertz CT molecular complexity index is 1200. The second-order valence-electron chi connectivity index (χ2n) is 8.08. The zero-order chi connectivity index (χ0) is 24.2. The largest absolute Gasteiger partial charge is 0.491 e. The molecule has 0 atom stereocenters. The molecule has 0 radical (unpaired) electrons. The Morgan fingerprint density at radius 1 is 1.09 bits per heavy atom. The lowest BCUT2D eigenvalue weighted by molar-refractivity contribution is 0.0527. The highest BCUT2D eigenvalue weighted by Crippen LogP contribution is 2.38. The Morgan fingerprint density at radius 2 is 1.82 bits per heavy atom. The number of hydrogen-bond acceptors (Lipinski definition) is 7. The van der Waals surface area contributed by atoms with E-state index in [0.29, 0.717) is 34.0 Å². The van der Waals surface area contributed by atoms with E-state index in [9.17, 15) is 9.59 Å². The number of esters is 1. The summed E-state index contributed by atoms with van der Waals surface area (Å²) in [6, 6.07) is 12.7. The van der Waals surface area contributed by atoms with Crippen molar-refractivity contribution in [2.45, 2.75) is 40.2 Å². The van der Waals surface area contributed by atoms with Crippen molar-refractivity contribution in [1.82, 2.24) is 0 Å². The van der Waals surface area contributed by atoms with Crippen LogP contribution in [0.25, 0.3) is 0 Å². The number of thiophene rings is 1. The summed E-state index contributed by atoms with van der Waals surface area (Å²) in [6.45, 7) is 7.97. The molecule has 0 bridgehead atoms. The van der Waals surface area contributed by atoms with E-state index in [-0.39, 0.29) is 25.4 Å². The van der Waals surface area contributed by atoms with Gasteiger partial charge in [-0.3, -0.25) is 4.79 Å². The van der Waals surface area contributed by atoms with Crippen molar-refractivity contribution in [1.29, 1.82) is 0 Å². The maximum Gasteiger partial charge on any atom is 0.341 e. The molecule has 3 aromatic rings. The molecule has 2 aromatic carbocycles. The van der Waals surface area contributed by atoms with Crippen LogP contribution in [0.1, 0.15) is 57.5 Å². The van der Waals surface area contributed by atoms with Gasteiger partial charge in [-0.05, 0) is 75.2 Å². The maximum atomic E-state index is 13.0. The van der Waals surface area contributed by atoms with Gasteiger partial charge in [0.2, 0.25) is 6.79 Å². The first-order valence-electron chi connectivity index (χ1n) is 11.1. The lowest BCUT2D eigenvalue weighted by Crippen LogP contribution is -2.15. The van der Waals surface area contributed by atoms with Gasteiger partial charge < -0.3 is 24.3 Å². The minimum Gasteiger partial charge on any atom is -0.491 e. The zero-order valence-corrected chi connectivity index (χ0v) is 20.4. The lowest BCUT2D eigenvalue weighted by Gasteiger charge is -2.10. The highest BCUT2D eigenvalue weighted by atomic mass is 32.1. The van der Waals surface area contributed by atoms with E-state index in [4.69, 9.17) is 18.9 Å². The van der Waals surface area contributed by atoms with Crippen LogP contribution in [0.15, 0.2) is 42.5 Å². The first kappa shape index (κ1) is 23.6. The average Bonchev–Trinajstić information content (AvgIpc) is 3.38. The summed E-state index contributed by atoms with van der Waals surface area (Å²) in [6.07, 6.45) is 0.625. The van der Waals surface area contributed by atoms with Gasteiger partial charge in [-0.2, -0.15) is 0 Å². The van der Waals surface area contributed by atoms with E-state index in [1.807, 2.05) is 39.0 Å². The van der Waals surface area contributed by atoms with Crippen molar-refractivity contribution in [2.24, 2.45) is 0 Å². The number of ether oxygens (including phenoxy) is 4. The monoisotopic (exact) mass is 481 g/mol. The number of benzene rings is 2. The maximum absolute atomic E-state index is 13.0. The van der Waals surface area contributed by atoms with Gasteiger partial charge >= 0.3 is 5.97 Å². The number of anilines is 1. The molecule has 4 rings (SSSR count). The van der Waals surface area contributed by atoms with E-state index in [1.54, 1.807) is 31.2 Å². The van der Waals surface area contributed by atoms with Gasteiger partial charge in [0, 0.05) is 16.9 Å². The molecule has 7 nitrogen and oxygen atoms in total. The normalized spacial score (nSPS) is 12.0. The topological polar surface area (TPSA) is 83.1 Å². The van der Waals surface area contributed by atoms with Crippen LogP contribution in [-0.4, -0.2) is 31.4 Å². The minimum atomic E-state index is -0.454. The molecule has 0 spiro atoms. The smallest absolute Gasteiger partial charge is 0.341 e. The summed E-state index contributed by atoms with van der Waals surface area (Å²) in [5.74, 6) is 1.35. The molecule has 8 heteroatoms. The Balaban J connectivity index is 1.59. The summed E-state index contributed by atoms with van der Waals surface area (Å²) < 4.78 is 21.8. The zero-order valence-electron chi connectivity index (χ0n) is 19.6. The molecule has 1 aliphatic heterocycles. The number of rotatable bonds is 8. The number of carbonyl (C=O) groups excluding carboxylic acids is 2. The Labute approximate surface area is 202 Å². The van der Waals surface area contributed by atoms with Crippen LogP contribution in [0.4, 0.5) is 5.00 Å². The van der Waals surface area contributed by atoms with Gasteiger partial charge in [-0.25, -0.2) is 4.79 Å². The Hall–Kier alpha value is -3.52. The molecular formula is C26H27NO6S. The molecule has 1 amide bonds. The van der Waals surface area contributed by atoms with Crippen LogP contribution in [-0.2, 0) is 11.2 Å². The van der Waals surface area contributed by atoms with Crippen LogP contribution in [0.5, 0.6) is 17.2 Å². The van der Waals surface area contributed by atoms with Gasteiger partial charge in [0.1, 0.15) is 10.8 Å². The van der Waals surface area contributed by atoms with Gasteiger partial charge in [-0.15, -0.1) is 11.3 Å². The molecule has 178 valence electrons. The fraction of sp³-hybridized carbons (Fsp3) is 0.308. The van der Waals surface area contributed by atoms with Crippen molar-refractivity contribution in [3.05, 3.63) is 69.6 Å². The van der Waals surface area contributed by atoms with E-state index in [2.05, 4.69) is 5.32 Å². The quantitative estimate of drug-likeness (QED) is 0.422. The highest BCUT2D eigenvalue weighted by molar-refractivity contribution is 7.17. The third kappa shape index (κ3) is 5.17. The number of nitrogens with one attached hydrogen (secondary N) is 1. The number of hydrogen-bond donors (Lipinski definition) is 1. The van der Waals surface area contributed by atoms with E-state index >= 15 is 0 Å². The van der Waals surface area contributed by atoms with Crippen LogP contribution in [0, 0.1) is 6.92 Å². The standard InChI is InChI=1S/C26H27NO6S/c1-5-30-26(29)23-16(4)22(13-17-6-11-20-21(12-17)32-14-31-20)34-25(23)27-24(28)18-7-9-19(10-8-18)33-15(2)3/h6-12,15H,5,13-14H2,1-4H3,(H,27,28). The van der Waals surface area contributed by atoms with Gasteiger partial charge in [0.15, 0.2) is 11.5 Å². The second kappa shape index (κ2) is 10.2. The predicted molar refractivity (Wildman–Crippen MR) is 131 cm³/mol. The minimum absolute atomic E-state index is 0.0455. The number of carbonyl (C=O) groups is 2. The first-order valence-corrected chi connectivity index (χ1v) is 11.9. The molecule has 0 saturated heterocycles. The molecular weight excluding hydrogens is 454 g/mol. The molecule has 2 heterocycles. The second-order valence-corrected chi connectivity index (χ2v) is 9.19. The Morgan fingerprint density at radius 3 is 2.53 bits per heavy atom. The summed E-state index contributed by atoms with van der Waals surface area (Å²) in [4.78, 5) is 26.7. The summed E-state index contributed by atoms with van der Waals surface area (Å²) in [5.41, 5.74) is 2.66. The molecule has 34 heavy (non-hydrogen) atoms. The predicted octanol–water partition coefficient (Wildman–Crippen LogP) is 5.59. The van der Waals surface area contributed by atoms with E-state index in [1.165, 1.54) is 11.3 Å². The molecule has 0 unspecified atom stereocenters. The molecule has 0 fully saturated rings. The fourth-order valence-electron chi connectivity index (χ4n) is 3.63. The fourth-order valence-corrected chi connectivity index (χ4v) is 4.86. The summed E-state index contributed by atoms with van der Waals surface area (Å²) in [5, 5.41) is 3.38. The van der Waals surface area contributed by atoms with E-state index in [0.717, 1.165) is 21.8 Å². The van der Waals surface area contributed by atoms with Crippen LogP contribution >= 0.6 is 11.3 Å². The molecule has 0 saturated carbocycles. The third-order valence-corrected chi connectivity index (χ3v) is 6.45. The average molecular weight is 482 g/mol. The van der Waals surface area contributed by atoms with Crippen molar-refractivity contribution < 1.29 is 28.5 Å². The van der Waals surface area contributed by atoms with Crippen LogP contribution in [0.2, 0.25) is 0 Å². The molecule has 1 aromatic heterocycles. The van der Waals surface area contributed by atoms with Crippen LogP contribution < -0.4 is 19.5 Å². The van der Waals surface area contributed by atoms with Gasteiger partial charge in [0.25, 0.3) is 5.91 Å². The van der Waals surface area contributed by atoms with Crippen LogP contribution in [0.3, 0.4) is 0 Å². The first-order chi connectivity index (χ1) is 16.4. The van der Waals surface area contributed by atoms with Crippen molar-refractivity contribution in [3.8, 4) is 17.2 Å². The SMILES string of the molecule is CCOC(=O)c1c(NC(=O)c2ccc(OC(C)C)cc2)sc(Cc2ccc3c(c2)OCO3)c1C. The molecule has 1 aliphatic rings. The summed E-state index contributed by atoms with van der Waals surface area (Å²) in [7, 11) is 0. The Kier molecular flexibility index (Phi) is 7.07. The van der Waals surface area contributed by atoms with Crippen molar-refractivity contribution in [3.63, 3.8) is 0 Å². The van der Waals surface area contributed by atoms with Crippen molar-refractivity contribution >= 4 is 28.2 Å². The lowest BCUT2D eigenvalue weighted by atomic mass is 10.1. The van der Waals surface area contributed by atoms with Crippen molar-refractivity contribution in [2.75, 3.05) is 18.7 Å². The highest BCUT2D eigenvalue weighted by Gasteiger charge is 2.24. The van der Waals surface area contributed by atoms with Gasteiger partial charge in [0.05, 0.1) is 18.3 Å². The number of amides is 1. The third-order valence-electron chi connectivity index (χ3n) is 5.24. The number of fused-ring (bicyclic) bond motifs is 1. The molecule has 1 N–H and O–H groups in total. The molecule has 0 aliphatic carbocycles. The summed E-state index contributed by atoms with van der Waals surface area (Å²) >= 11 is 1.37. The van der Waals surface area contributed by atoms with Gasteiger partial charge in [-0.1, -0.05) is 6.07 Å².